The first-order valence-corrected chi connectivity index (χ1v) is 12.3. The molecule has 0 spiro atoms. The molecule has 194 valence electrons. The van der Waals surface area contributed by atoms with E-state index in [9.17, 15) is 4.79 Å². The third-order valence-electron chi connectivity index (χ3n) is 6.05. The maximum Gasteiger partial charge on any atom is 0.229 e. The summed E-state index contributed by atoms with van der Waals surface area (Å²) in [4.78, 5) is 13.3. The molecular formula is C28H26Br2ClNO5. The number of rotatable bonds is 9. The van der Waals surface area contributed by atoms with Crippen LogP contribution in [0.15, 0.2) is 65.3 Å². The molecule has 9 heteroatoms. The van der Waals surface area contributed by atoms with Crippen LogP contribution in [0.25, 0.3) is 10.8 Å². The normalized spacial score (nSPS) is 10.5. The van der Waals surface area contributed by atoms with Gasteiger partial charge in [0, 0.05) is 16.1 Å². The highest BCUT2D eigenvalue weighted by Crippen LogP contribution is 2.37. The van der Waals surface area contributed by atoms with Crippen LogP contribution in [0.3, 0.4) is 0 Å². The molecular weight excluding hydrogens is 626 g/mol. The van der Waals surface area contributed by atoms with E-state index in [4.69, 9.17) is 30.5 Å². The van der Waals surface area contributed by atoms with Crippen LogP contribution in [0.4, 0.5) is 0 Å². The number of Topliss-reactive ketones (excluding diaryl/α,β-unsaturated/α-hetero) is 1. The zero-order valence-corrected chi connectivity index (χ0v) is 24.7. The molecule has 4 aromatic rings. The monoisotopic (exact) mass is 649 g/mol. The first-order valence-electron chi connectivity index (χ1n) is 11.1. The van der Waals surface area contributed by atoms with E-state index in [0.29, 0.717) is 40.0 Å². The fourth-order valence-corrected chi connectivity index (χ4v) is 4.89. The van der Waals surface area contributed by atoms with Crippen LogP contribution in [0.5, 0.6) is 23.0 Å². The first-order chi connectivity index (χ1) is 17.4. The summed E-state index contributed by atoms with van der Waals surface area (Å²) in [5.74, 6) is 2.40. The van der Waals surface area contributed by atoms with E-state index in [1.807, 2.05) is 53.2 Å². The maximum atomic E-state index is 13.3. The van der Waals surface area contributed by atoms with Crippen LogP contribution in [0, 0.1) is 0 Å². The predicted molar refractivity (Wildman–Crippen MR) is 143 cm³/mol. The molecule has 37 heavy (non-hydrogen) atoms. The Morgan fingerprint density at radius 2 is 1.46 bits per heavy atom. The van der Waals surface area contributed by atoms with Gasteiger partial charge in [-0.3, -0.25) is 4.79 Å². The molecule has 0 saturated heterocycles. The van der Waals surface area contributed by atoms with Crippen molar-refractivity contribution in [1.82, 2.24) is 0 Å². The number of carbonyl (C=O) groups is 1. The van der Waals surface area contributed by atoms with Gasteiger partial charge in [0.2, 0.25) is 12.3 Å². The summed E-state index contributed by atoms with van der Waals surface area (Å²) in [5, 5.41) is 2.32. The molecule has 0 N–H and O–H groups in total. The molecule has 6 nitrogen and oxygen atoms in total. The molecule has 0 bridgehead atoms. The Kier molecular flexibility index (Phi) is 9.81. The zero-order chi connectivity index (χ0) is 25.8. The van der Waals surface area contributed by atoms with Crippen molar-refractivity contribution in [2.75, 3.05) is 28.4 Å². The number of hydrogen-bond donors (Lipinski definition) is 0. The van der Waals surface area contributed by atoms with Crippen molar-refractivity contribution < 1.29 is 45.3 Å². The summed E-state index contributed by atoms with van der Waals surface area (Å²) < 4.78 is 24.9. The highest BCUT2D eigenvalue weighted by molar-refractivity contribution is 9.10. The van der Waals surface area contributed by atoms with Gasteiger partial charge in [-0.2, -0.15) is 4.57 Å². The first kappa shape index (κ1) is 28.8. The van der Waals surface area contributed by atoms with Crippen LogP contribution in [-0.2, 0) is 13.0 Å². The highest BCUT2D eigenvalue weighted by atomic mass is 79.9. The molecule has 1 aromatic heterocycles. The lowest BCUT2D eigenvalue weighted by molar-refractivity contribution is -0.688. The van der Waals surface area contributed by atoms with E-state index < -0.39 is 0 Å². The fourth-order valence-electron chi connectivity index (χ4n) is 4.18. The number of pyridine rings is 1. The molecule has 3 aromatic carbocycles. The summed E-state index contributed by atoms with van der Waals surface area (Å²) in [6, 6.07) is 16.7. The third-order valence-corrected chi connectivity index (χ3v) is 7.11. The Labute approximate surface area is 240 Å². The maximum absolute atomic E-state index is 13.3. The molecule has 0 unspecified atom stereocenters. The van der Waals surface area contributed by atoms with Crippen molar-refractivity contribution in [2.45, 2.75) is 13.0 Å². The zero-order valence-electron chi connectivity index (χ0n) is 20.8. The quantitative estimate of drug-likeness (QED) is 0.206. The summed E-state index contributed by atoms with van der Waals surface area (Å²) in [5.41, 5.74) is 2.37. The second kappa shape index (κ2) is 12.6. The van der Waals surface area contributed by atoms with Crippen LogP contribution in [-0.4, -0.2) is 34.2 Å². The van der Waals surface area contributed by atoms with Gasteiger partial charge in [-0.1, -0.05) is 39.7 Å². The van der Waals surface area contributed by atoms with Crippen LogP contribution in [0.1, 0.15) is 21.6 Å². The number of carbonyl (C=O) groups excluding carboxylic acids is 1. The van der Waals surface area contributed by atoms with Gasteiger partial charge < -0.3 is 35.9 Å². The van der Waals surface area contributed by atoms with E-state index in [0.717, 1.165) is 26.5 Å². The van der Waals surface area contributed by atoms with Crippen LogP contribution < -0.4 is 40.5 Å². The Morgan fingerprint density at radius 1 is 0.865 bits per heavy atom. The number of nitrogens with zero attached hydrogens (tertiary/aromatic N) is 1. The third kappa shape index (κ3) is 6.03. The number of aromatic nitrogens is 1. The number of ether oxygens (including phenoxy) is 4. The standard InChI is InChI=1S/C28H26BrClNO5.BrH/c1-33-25-12-17-9-10-31(16-24(32)19-7-5-6-8-22(19)30)23(20(17)14-27(25)35-3)11-18-13-26(34-2)28(36-4)15-21(18)29;/h5-10,12-15H,11,16H2,1-4H3;1H/q+1;/p-1. The lowest BCUT2D eigenvalue weighted by Crippen LogP contribution is -3.00. The average Bonchev–Trinajstić information content (AvgIpc) is 2.89. The second-order valence-corrected chi connectivity index (χ2v) is 9.32. The van der Waals surface area contributed by atoms with Crippen molar-refractivity contribution in [3.63, 3.8) is 0 Å². The van der Waals surface area contributed by atoms with Gasteiger partial charge in [-0.15, -0.1) is 0 Å². The summed E-state index contributed by atoms with van der Waals surface area (Å²) in [6.07, 6.45) is 2.41. The Morgan fingerprint density at radius 3 is 2.11 bits per heavy atom. The van der Waals surface area contributed by atoms with E-state index in [1.165, 1.54) is 0 Å². The molecule has 0 amide bonds. The molecule has 0 aliphatic carbocycles. The van der Waals surface area contributed by atoms with E-state index in [1.54, 1.807) is 40.6 Å². The fraction of sp³-hybridized carbons (Fsp3) is 0.214. The molecule has 0 radical (unpaired) electrons. The molecule has 0 fully saturated rings. The van der Waals surface area contributed by atoms with Gasteiger partial charge >= 0.3 is 0 Å². The van der Waals surface area contributed by atoms with Gasteiger partial charge in [0.05, 0.1) is 45.3 Å². The summed E-state index contributed by atoms with van der Waals surface area (Å²) >= 11 is 9.98. The van der Waals surface area contributed by atoms with Crippen molar-refractivity contribution in [1.29, 1.82) is 0 Å². The number of methoxy groups -OCH3 is 4. The lowest BCUT2D eigenvalue weighted by atomic mass is 10.0. The summed E-state index contributed by atoms with van der Waals surface area (Å²) in [7, 11) is 6.42. The van der Waals surface area contributed by atoms with Gasteiger partial charge in [0.1, 0.15) is 0 Å². The summed E-state index contributed by atoms with van der Waals surface area (Å²) in [6.45, 7) is 0.119. The van der Waals surface area contributed by atoms with Crippen LogP contribution in [0.2, 0.25) is 5.02 Å². The van der Waals surface area contributed by atoms with E-state index in [-0.39, 0.29) is 29.3 Å². The van der Waals surface area contributed by atoms with Gasteiger partial charge in [0.25, 0.3) is 0 Å². The topological polar surface area (TPSA) is 57.9 Å². The van der Waals surface area contributed by atoms with Gasteiger partial charge in [-0.25, -0.2) is 0 Å². The molecule has 0 atom stereocenters. The minimum absolute atomic E-state index is 0. The van der Waals surface area contributed by atoms with Gasteiger partial charge in [-0.05, 0) is 47.3 Å². The van der Waals surface area contributed by atoms with Crippen molar-refractivity contribution in [3.8, 4) is 23.0 Å². The van der Waals surface area contributed by atoms with E-state index >= 15 is 0 Å². The molecule has 0 aliphatic rings. The smallest absolute Gasteiger partial charge is 0.229 e. The number of benzene rings is 3. The molecule has 0 aliphatic heterocycles. The number of ketones is 1. The number of halogens is 3. The molecule has 1 heterocycles. The van der Waals surface area contributed by atoms with E-state index in [2.05, 4.69) is 15.9 Å². The minimum atomic E-state index is -0.0851. The van der Waals surface area contributed by atoms with Crippen molar-refractivity contribution >= 4 is 44.1 Å². The minimum Gasteiger partial charge on any atom is -1.00 e. The predicted octanol–water partition coefficient (Wildman–Crippen LogP) is 3.06. The van der Waals surface area contributed by atoms with Gasteiger partial charge in [0.15, 0.2) is 34.9 Å². The lowest BCUT2D eigenvalue weighted by Gasteiger charge is -2.14. The molecule has 4 rings (SSSR count). The Bertz CT molecular complexity index is 1440. The largest absolute Gasteiger partial charge is 1.00 e. The highest BCUT2D eigenvalue weighted by Gasteiger charge is 2.24. The van der Waals surface area contributed by atoms with Crippen LogP contribution >= 0.6 is 27.5 Å². The number of fused-ring (bicyclic) bond motifs is 1. The Balaban J connectivity index is 0.00000380. The van der Waals surface area contributed by atoms with Crippen molar-refractivity contribution in [2.24, 2.45) is 0 Å². The second-order valence-electron chi connectivity index (χ2n) is 8.06. The van der Waals surface area contributed by atoms with Crippen molar-refractivity contribution in [3.05, 3.63) is 87.1 Å². The SMILES string of the molecule is COc1cc(Br)c(Cc2c3cc(OC)c(OC)cc3cc[n+]2CC(=O)c2ccccc2Cl)cc1OC.[Br-]. The Hall–Kier alpha value is -2.81. The molecule has 0 saturated carbocycles. The average molecular weight is 652 g/mol. The number of hydrogen-bond acceptors (Lipinski definition) is 5.